The van der Waals surface area contributed by atoms with Crippen LogP contribution in [0.3, 0.4) is 0 Å². The summed E-state index contributed by atoms with van der Waals surface area (Å²) in [4.78, 5) is 12.4. The maximum absolute atomic E-state index is 12.4. The van der Waals surface area contributed by atoms with Crippen LogP contribution in [-0.2, 0) is 11.2 Å². The average molecular weight is 288 g/mol. The lowest BCUT2D eigenvalue weighted by Crippen LogP contribution is -2.35. The lowest BCUT2D eigenvalue weighted by molar-refractivity contribution is -0.117. The van der Waals surface area contributed by atoms with Gasteiger partial charge in [0, 0.05) is 6.54 Å². The van der Waals surface area contributed by atoms with E-state index in [2.05, 4.69) is 24.5 Å². The molecule has 114 valence electrons. The molecule has 1 atom stereocenters. The van der Waals surface area contributed by atoms with Crippen molar-refractivity contribution in [1.82, 2.24) is 5.32 Å². The zero-order chi connectivity index (χ0) is 15.0. The van der Waals surface area contributed by atoms with Crippen LogP contribution in [0.15, 0.2) is 12.1 Å². The predicted octanol–water partition coefficient (Wildman–Crippen LogP) is 2.65. The van der Waals surface area contributed by atoms with Gasteiger partial charge in [-0.2, -0.15) is 0 Å². The van der Waals surface area contributed by atoms with Gasteiger partial charge in [0.25, 0.3) is 0 Å². The van der Waals surface area contributed by atoms with Crippen LogP contribution in [0.1, 0.15) is 37.3 Å². The minimum absolute atomic E-state index is 0.0562. The van der Waals surface area contributed by atoms with Crippen LogP contribution in [0.4, 0.5) is 5.69 Å². The standard InChI is InChI=1S/C17H24N2O2/c1-4-12-8-15(21-3)13(7-11(12)2)19-16(20)14-9-17(5-6-17)10-18-14/h7-8,14,18H,4-6,9-10H2,1-3H3,(H,19,20)/t14-/m0/s1. The van der Waals surface area contributed by atoms with Gasteiger partial charge in [-0.1, -0.05) is 6.92 Å². The van der Waals surface area contributed by atoms with E-state index in [4.69, 9.17) is 4.74 Å². The smallest absolute Gasteiger partial charge is 0.241 e. The highest BCUT2D eigenvalue weighted by atomic mass is 16.5. The quantitative estimate of drug-likeness (QED) is 0.895. The van der Waals surface area contributed by atoms with Crippen LogP contribution in [0.25, 0.3) is 0 Å². The molecule has 1 aliphatic carbocycles. The number of anilines is 1. The normalized spacial score (nSPS) is 22.3. The maximum atomic E-state index is 12.4. The molecule has 1 aromatic rings. The molecular formula is C17H24N2O2. The van der Waals surface area contributed by atoms with Gasteiger partial charge in [0.2, 0.25) is 5.91 Å². The maximum Gasteiger partial charge on any atom is 0.241 e. The number of carbonyl (C=O) groups excluding carboxylic acids is 1. The van der Waals surface area contributed by atoms with E-state index >= 15 is 0 Å². The molecule has 0 radical (unpaired) electrons. The minimum atomic E-state index is -0.0663. The Morgan fingerprint density at radius 2 is 2.24 bits per heavy atom. The molecule has 0 bridgehead atoms. The first kappa shape index (κ1) is 14.4. The molecule has 0 aromatic heterocycles. The van der Waals surface area contributed by atoms with Crippen molar-refractivity contribution >= 4 is 11.6 Å². The fourth-order valence-corrected chi connectivity index (χ4v) is 3.26. The molecular weight excluding hydrogens is 264 g/mol. The first-order chi connectivity index (χ1) is 10.1. The second-order valence-corrected chi connectivity index (χ2v) is 6.46. The number of aryl methyl sites for hydroxylation is 2. The summed E-state index contributed by atoms with van der Waals surface area (Å²) in [7, 11) is 1.65. The molecule has 2 N–H and O–H groups in total. The first-order valence-electron chi connectivity index (χ1n) is 7.79. The topological polar surface area (TPSA) is 50.4 Å². The molecule has 4 nitrogen and oxygen atoms in total. The largest absolute Gasteiger partial charge is 0.495 e. The van der Waals surface area contributed by atoms with E-state index in [0.717, 1.165) is 30.8 Å². The van der Waals surface area contributed by atoms with E-state index in [1.165, 1.54) is 24.0 Å². The average Bonchev–Trinajstić information content (AvgIpc) is 3.08. The number of amides is 1. The van der Waals surface area contributed by atoms with Crippen LogP contribution < -0.4 is 15.4 Å². The van der Waals surface area contributed by atoms with Gasteiger partial charge in [0.05, 0.1) is 18.8 Å². The molecule has 2 aliphatic rings. The van der Waals surface area contributed by atoms with Crippen molar-refractivity contribution in [3.8, 4) is 5.75 Å². The third-order valence-electron chi connectivity index (χ3n) is 4.93. The molecule has 21 heavy (non-hydrogen) atoms. The predicted molar refractivity (Wildman–Crippen MR) is 83.8 cm³/mol. The van der Waals surface area contributed by atoms with Gasteiger partial charge in [-0.25, -0.2) is 0 Å². The number of methoxy groups -OCH3 is 1. The Morgan fingerprint density at radius 1 is 1.48 bits per heavy atom. The molecule has 1 saturated carbocycles. The first-order valence-corrected chi connectivity index (χ1v) is 7.79. The number of hydrogen-bond donors (Lipinski definition) is 2. The summed E-state index contributed by atoms with van der Waals surface area (Å²) < 4.78 is 5.42. The highest BCUT2D eigenvalue weighted by molar-refractivity contribution is 5.96. The van der Waals surface area contributed by atoms with Gasteiger partial charge in [-0.3, -0.25) is 4.79 Å². The zero-order valence-corrected chi connectivity index (χ0v) is 13.1. The number of rotatable bonds is 4. The number of ether oxygens (including phenoxy) is 1. The van der Waals surface area contributed by atoms with Crippen molar-refractivity contribution in [2.24, 2.45) is 5.41 Å². The van der Waals surface area contributed by atoms with Crippen molar-refractivity contribution in [3.05, 3.63) is 23.3 Å². The second kappa shape index (κ2) is 5.34. The van der Waals surface area contributed by atoms with Gasteiger partial charge in [0.15, 0.2) is 0 Å². The fraction of sp³-hybridized carbons (Fsp3) is 0.588. The van der Waals surface area contributed by atoms with E-state index in [1.54, 1.807) is 7.11 Å². The Labute approximate surface area is 126 Å². The summed E-state index contributed by atoms with van der Waals surface area (Å²) in [6.45, 7) is 5.18. The highest BCUT2D eigenvalue weighted by Crippen LogP contribution is 2.51. The van der Waals surface area contributed by atoms with E-state index < -0.39 is 0 Å². The lowest BCUT2D eigenvalue weighted by Gasteiger charge is -2.16. The Bertz CT molecular complexity index is 564. The summed E-state index contributed by atoms with van der Waals surface area (Å²) in [5.74, 6) is 0.797. The van der Waals surface area contributed by atoms with Gasteiger partial charge in [0.1, 0.15) is 5.75 Å². The Hall–Kier alpha value is -1.55. The van der Waals surface area contributed by atoms with E-state index in [-0.39, 0.29) is 11.9 Å². The third-order valence-corrected chi connectivity index (χ3v) is 4.93. The van der Waals surface area contributed by atoms with E-state index in [0.29, 0.717) is 5.41 Å². The summed E-state index contributed by atoms with van der Waals surface area (Å²) in [5, 5.41) is 6.39. The van der Waals surface area contributed by atoms with Crippen molar-refractivity contribution in [3.63, 3.8) is 0 Å². The molecule has 1 amide bonds. The number of carbonyl (C=O) groups is 1. The summed E-state index contributed by atoms with van der Waals surface area (Å²) >= 11 is 0. The monoisotopic (exact) mass is 288 g/mol. The lowest BCUT2D eigenvalue weighted by atomic mass is 10.0. The molecule has 3 rings (SSSR count). The van der Waals surface area contributed by atoms with Crippen LogP contribution >= 0.6 is 0 Å². The van der Waals surface area contributed by atoms with Gasteiger partial charge < -0.3 is 15.4 Å². The van der Waals surface area contributed by atoms with Gasteiger partial charge in [-0.15, -0.1) is 0 Å². The third kappa shape index (κ3) is 2.77. The number of nitrogens with one attached hydrogen (secondary N) is 2. The highest BCUT2D eigenvalue weighted by Gasteiger charge is 2.49. The fourth-order valence-electron chi connectivity index (χ4n) is 3.26. The van der Waals surface area contributed by atoms with Crippen molar-refractivity contribution in [1.29, 1.82) is 0 Å². The Balaban J connectivity index is 1.74. The minimum Gasteiger partial charge on any atom is -0.495 e. The molecule has 1 aliphatic heterocycles. The molecule has 4 heteroatoms. The molecule has 0 unspecified atom stereocenters. The SMILES string of the molecule is CCc1cc(OC)c(NC(=O)[C@@H]2CC3(CC3)CN2)cc1C. The van der Waals surface area contributed by atoms with Gasteiger partial charge in [-0.05, 0) is 61.3 Å². The molecule has 1 aromatic carbocycles. The summed E-state index contributed by atoms with van der Waals surface area (Å²) in [5.41, 5.74) is 3.64. The van der Waals surface area contributed by atoms with Crippen molar-refractivity contribution < 1.29 is 9.53 Å². The van der Waals surface area contributed by atoms with E-state index in [9.17, 15) is 4.79 Å². The summed E-state index contributed by atoms with van der Waals surface area (Å²) in [6.07, 6.45) is 4.45. The van der Waals surface area contributed by atoms with E-state index in [1.807, 2.05) is 12.1 Å². The van der Waals surface area contributed by atoms with Gasteiger partial charge >= 0.3 is 0 Å². The van der Waals surface area contributed by atoms with Crippen LogP contribution in [0.5, 0.6) is 5.75 Å². The zero-order valence-electron chi connectivity index (χ0n) is 13.1. The van der Waals surface area contributed by atoms with Crippen molar-refractivity contribution in [2.45, 2.75) is 45.6 Å². The molecule has 2 fully saturated rings. The molecule has 1 heterocycles. The van der Waals surface area contributed by atoms with Crippen LogP contribution in [0, 0.1) is 12.3 Å². The number of hydrogen-bond acceptors (Lipinski definition) is 3. The molecule has 1 spiro atoms. The Kier molecular flexibility index (Phi) is 3.66. The Morgan fingerprint density at radius 3 is 2.81 bits per heavy atom. The second-order valence-electron chi connectivity index (χ2n) is 6.46. The molecule has 1 saturated heterocycles. The van der Waals surface area contributed by atoms with Crippen molar-refractivity contribution in [2.75, 3.05) is 19.0 Å². The number of benzene rings is 1. The van der Waals surface area contributed by atoms with Crippen LogP contribution in [-0.4, -0.2) is 25.6 Å². The summed E-state index contributed by atoms with van der Waals surface area (Å²) in [6, 6.07) is 3.97. The van der Waals surface area contributed by atoms with Crippen LogP contribution in [0.2, 0.25) is 0 Å².